The number of aryl methyl sites for hydroxylation is 1. The minimum atomic E-state index is -0.368. The van der Waals surface area contributed by atoms with Crippen molar-refractivity contribution >= 4 is 29.2 Å². The Morgan fingerprint density at radius 2 is 2.26 bits per heavy atom. The number of primary amides is 1. The SMILES string of the molecule is CNC1CCCc2c1[nH]c1ccc(C(N)=O)cc21.Cl. The number of aromatic nitrogens is 1. The van der Waals surface area contributed by atoms with Crippen LogP contribution in [-0.4, -0.2) is 17.9 Å². The highest BCUT2D eigenvalue weighted by molar-refractivity contribution is 5.98. The molecule has 5 heteroatoms. The molecule has 3 rings (SSSR count). The summed E-state index contributed by atoms with van der Waals surface area (Å²) in [6.45, 7) is 0. The molecule has 1 aromatic carbocycles. The summed E-state index contributed by atoms with van der Waals surface area (Å²) in [6, 6.07) is 6.02. The van der Waals surface area contributed by atoms with Crippen LogP contribution >= 0.6 is 12.4 Å². The van der Waals surface area contributed by atoms with Crippen molar-refractivity contribution in [3.05, 3.63) is 35.0 Å². The molecular formula is C14H18ClN3O. The summed E-state index contributed by atoms with van der Waals surface area (Å²) >= 11 is 0. The van der Waals surface area contributed by atoms with E-state index in [-0.39, 0.29) is 18.3 Å². The zero-order chi connectivity index (χ0) is 12.7. The molecule has 0 bridgehead atoms. The predicted octanol–water partition coefficient (Wildman–Crippen LogP) is 2.29. The molecule has 0 saturated carbocycles. The lowest BCUT2D eigenvalue weighted by Crippen LogP contribution is -2.21. The van der Waals surface area contributed by atoms with Gasteiger partial charge in [-0.3, -0.25) is 4.79 Å². The molecule has 1 aromatic heterocycles. The van der Waals surface area contributed by atoms with Gasteiger partial charge in [0.05, 0.1) is 0 Å². The maximum Gasteiger partial charge on any atom is 0.248 e. The molecule has 1 unspecified atom stereocenters. The van der Waals surface area contributed by atoms with Gasteiger partial charge in [-0.15, -0.1) is 12.4 Å². The van der Waals surface area contributed by atoms with Crippen molar-refractivity contribution in [2.24, 2.45) is 5.73 Å². The van der Waals surface area contributed by atoms with Gasteiger partial charge >= 0.3 is 0 Å². The van der Waals surface area contributed by atoms with Crippen molar-refractivity contribution in [1.29, 1.82) is 0 Å². The minimum absolute atomic E-state index is 0. The molecular weight excluding hydrogens is 262 g/mol. The van der Waals surface area contributed by atoms with E-state index in [0.717, 1.165) is 23.7 Å². The highest BCUT2D eigenvalue weighted by atomic mass is 35.5. The van der Waals surface area contributed by atoms with Gasteiger partial charge in [-0.25, -0.2) is 0 Å². The van der Waals surface area contributed by atoms with E-state index in [1.807, 2.05) is 19.2 Å². The summed E-state index contributed by atoms with van der Waals surface area (Å²) < 4.78 is 0. The van der Waals surface area contributed by atoms with E-state index in [9.17, 15) is 4.79 Å². The number of hydrogen-bond acceptors (Lipinski definition) is 2. The Morgan fingerprint density at radius 3 is 2.95 bits per heavy atom. The molecule has 0 spiro atoms. The molecule has 0 saturated heterocycles. The summed E-state index contributed by atoms with van der Waals surface area (Å²) in [5.41, 5.74) is 9.61. The van der Waals surface area contributed by atoms with Gasteiger partial charge in [0, 0.05) is 28.2 Å². The first-order valence-corrected chi connectivity index (χ1v) is 6.32. The molecule has 102 valence electrons. The normalized spacial score (nSPS) is 17.8. The van der Waals surface area contributed by atoms with Crippen molar-refractivity contribution in [2.75, 3.05) is 7.05 Å². The molecule has 0 radical (unpaired) electrons. The topological polar surface area (TPSA) is 70.9 Å². The molecule has 19 heavy (non-hydrogen) atoms. The lowest BCUT2D eigenvalue weighted by atomic mass is 9.91. The first-order valence-electron chi connectivity index (χ1n) is 6.32. The summed E-state index contributed by atoms with van der Waals surface area (Å²) in [5, 5.41) is 4.48. The number of amides is 1. The van der Waals surface area contributed by atoms with Gasteiger partial charge in [-0.05, 0) is 50.1 Å². The number of benzene rings is 1. The second-order valence-corrected chi connectivity index (χ2v) is 4.88. The fourth-order valence-electron chi connectivity index (χ4n) is 2.90. The van der Waals surface area contributed by atoms with Crippen molar-refractivity contribution in [1.82, 2.24) is 10.3 Å². The van der Waals surface area contributed by atoms with E-state index in [2.05, 4.69) is 10.3 Å². The fraction of sp³-hybridized carbons (Fsp3) is 0.357. The van der Waals surface area contributed by atoms with Crippen LogP contribution in [0.15, 0.2) is 18.2 Å². The van der Waals surface area contributed by atoms with Gasteiger partial charge in [-0.2, -0.15) is 0 Å². The van der Waals surface area contributed by atoms with E-state index < -0.39 is 0 Å². The Kier molecular flexibility index (Phi) is 3.83. The Bertz CT molecular complexity index is 620. The minimum Gasteiger partial charge on any atom is -0.366 e. The van der Waals surface area contributed by atoms with Crippen molar-refractivity contribution in [3.8, 4) is 0 Å². The van der Waals surface area contributed by atoms with Gasteiger partial charge in [0.25, 0.3) is 0 Å². The van der Waals surface area contributed by atoms with Crippen LogP contribution < -0.4 is 11.1 Å². The number of hydrogen-bond donors (Lipinski definition) is 3. The van der Waals surface area contributed by atoms with Gasteiger partial charge in [0.1, 0.15) is 0 Å². The fourth-order valence-corrected chi connectivity index (χ4v) is 2.90. The van der Waals surface area contributed by atoms with Crippen LogP contribution in [0.5, 0.6) is 0 Å². The van der Waals surface area contributed by atoms with Crippen LogP contribution in [0.25, 0.3) is 10.9 Å². The average molecular weight is 280 g/mol. The van der Waals surface area contributed by atoms with E-state index >= 15 is 0 Å². The molecule has 4 N–H and O–H groups in total. The Morgan fingerprint density at radius 1 is 1.47 bits per heavy atom. The maximum atomic E-state index is 11.3. The number of nitrogens with one attached hydrogen (secondary N) is 2. The third-order valence-electron chi connectivity index (χ3n) is 3.84. The van der Waals surface area contributed by atoms with Gasteiger partial charge < -0.3 is 16.0 Å². The van der Waals surface area contributed by atoms with Crippen molar-refractivity contribution < 1.29 is 4.79 Å². The Labute approximate surface area is 118 Å². The van der Waals surface area contributed by atoms with E-state index in [1.165, 1.54) is 17.7 Å². The van der Waals surface area contributed by atoms with Gasteiger partial charge in [0.2, 0.25) is 5.91 Å². The van der Waals surface area contributed by atoms with Crippen LogP contribution in [0, 0.1) is 0 Å². The molecule has 1 aliphatic carbocycles. The highest BCUT2D eigenvalue weighted by Gasteiger charge is 2.23. The van der Waals surface area contributed by atoms with E-state index in [1.54, 1.807) is 6.07 Å². The van der Waals surface area contributed by atoms with Crippen LogP contribution in [0.4, 0.5) is 0 Å². The standard InChI is InChI=1S/C14H17N3O.ClH/c1-16-12-4-2-3-9-10-7-8(14(15)18)5-6-11(10)17-13(9)12;/h5-7,12,16-17H,2-4H2,1H3,(H2,15,18);1H. The quantitative estimate of drug-likeness (QED) is 0.789. The summed E-state index contributed by atoms with van der Waals surface area (Å²) in [5.74, 6) is -0.368. The summed E-state index contributed by atoms with van der Waals surface area (Å²) in [6.07, 6.45) is 3.39. The Balaban J connectivity index is 0.00000133. The maximum absolute atomic E-state index is 11.3. The smallest absolute Gasteiger partial charge is 0.248 e. The second kappa shape index (κ2) is 5.23. The molecule has 1 heterocycles. The second-order valence-electron chi connectivity index (χ2n) is 4.88. The summed E-state index contributed by atoms with van der Waals surface area (Å²) in [7, 11) is 1.99. The lowest BCUT2D eigenvalue weighted by Gasteiger charge is -2.21. The van der Waals surface area contributed by atoms with Crippen LogP contribution in [0.2, 0.25) is 0 Å². The lowest BCUT2D eigenvalue weighted by molar-refractivity contribution is 0.100. The third-order valence-corrected chi connectivity index (χ3v) is 3.84. The first-order chi connectivity index (χ1) is 8.70. The van der Waals surface area contributed by atoms with E-state index in [4.69, 9.17) is 5.73 Å². The predicted molar refractivity (Wildman–Crippen MR) is 78.8 cm³/mol. The monoisotopic (exact) mass is 279 g/mol. The first kappa shape index (κ1) is 13.9. The number of carbonyl (C=O) groups is 1. The van der Waals surface area contributed by atoms with Crippen LogP contribution in [0.3, 0.4) is 0 Å². The zero-order valence-corrected chi connectivity index (χ0v) is 11.6. The molecule has 1 aliphatic rings. The average Bonchev–Trinajstić information content (AvgIpc) is 2.76. The molecule has 4 nitrogen and oxygen atoms in total. The van der Waals surface area contributed by atoms with E-state index in [0.29, 0.717) is 11.6 Å². The molecule has 1 amide bonds. The zero-order valence-electron chi connectivity index (χ0n) is 10.8. The van der Waals surface area contributed by atoms with Gasteiger partial charge in [0.15, 0.2) is 0 Å². The number of carbonyl (C=O) groups excluding carboxylic acids is 1. The Hall–Kier alpha value is -1.52. The van der Waals surface area contributed by atoms with Gasteiger partial charge in [-0.1, -0.05) is 0 Å². The summed E-state index contributed by atoms with van der Waals surface area (Å²) in [4.78, 5) is 14.7. The molecule has 1 atom stereocenters. The largest absolute Gasteiger partial charge is 0.366 e. The molecule has 0 aliphatic heterocycles. The van der Waals surface area contributed by atoms with Crippen molar-refractivity contribution in [3.63, 3.8) is 0 Å². The molecule has 0 fully saturated rings. The number of halogens is 1. The number of H-pyrrole nitrogens is 1. The third kappa shape index (κ3) is 2.22. The number of fused-ring (bicyclic) bond motifs is 3. The number of rotatable bonds is 2. The number of nitrogens with two attached hydrogens (primary N) is 1. The number of aromatic amines is 1. The molecule has 2 aromatic rings. The van der Waals surface area contributed by atoms with Crippen LogP contribution in [-0.2, 0) is 6.42 Å². The van der Waals surface area contributed by atoms with Crippen molar-refractivity contribution in [2.45, 2.75) is 25.3 Å². The highest BCUT2D eigenvalue weighted by Crippen LogP contribution is 2.34. The van der Waals surface area contributed by atoms with Crippen LogP contribution in [0.1, 0.15) is 40.5 Å².